The summed E-state index contributed by atoms with van der Waals surface area (Å²) < 4.78 is 20.5. The van der Waals surface area contributed by atoms with Gasteiger partial charge < -0.3 is 24.3 Å². The molecule has 0 unspecified atom stereocenters. The molecule has 9 nitrogen and oxygen atoms in total. The van der Waals surface area contributed by atoms with Crippen LogP contribution in [-0.4, -0.2) is 52.4 Å². The van der Waals surface area contributed by atoms with E-state index in [1.807, 2.05) is 6.92 Å². The lowest BCUT2D eigenvalue weighted by Crippen LogP contribution is -2.41. The van der Waals surface area contributed by atoms with Crippen LogP contribution in [0.25, 0.3) is 0 Å². The topological polar surface area (TPSA) is 112 Å². The Labute approximate surface area is 151 Å². The molecular weight excluding hydrogens is 344 g/mol. The van der Waals surface area contributed by atoms with Gasteiger partial charge in [0.2, 0.25) is 5.75 Å². The number of amides is 3. The molecular formula is C17H24N2O7. The molecule has 1 aromatic carbocycles. The minimum Gasteiger partial charge on any atom is -0.493 e. The van der Waals surface area contributed by atoms with Gasteiger partial charge in [-0.15, -0.1) is 0 Å². The summed E-state index contributed by atoms with van der Waals surface area (Å²) in [6.07, 6.45) is 0.636. The van der Waals surface area contributed by atoms with Gasteiger partial charge >= 0.3 is 12.0 Å². The van der Waals surface area contributed by atoms with Gasteiger partial charge in [0.05, 0.1) is 27.8 Å². The number of esters is 1. The van der Waals surface area contributed by atoms with Crippen molar-refractivity contribution in [3.63, 3.8) is 0 Å². The van der Waals surface area contributed by atoms with Crippen LogP contribution in [0.2, 0.25) is 0 Å². The van der Waals surface area contributed by atoms with Gasteiger partial charge in [-0.2, -0.15) is 0 Å². The Hall–Kier alpha value is -2.97. The number of imide groups is 1. The number of hydrogen-bond donors (Lipinski definition) is 2. The van der Waals surface area contributed by atoms with E-state index >= 15 is 0 Å². The van der Waals surface area contributed by atoms with Gasteiger partial charge in [-0.05, 0) is 24.1 Å². The number of rotatable bonds is 9. The first-order valence-corrected chi connectivity index (χ1v) is 7.97. The van der Waals surface area contributed by atoms with Gasteiger partial charge in [-0.3, -0.25) is 14.9 Å². The SMILES string of the molecule is CCCNC(=O)NC(=O)COC(=O)Cc1cc(OC)c(OC)c(OC)c1. The van der Waals surface area contributed by atoms with E-state index in [9.17, 15) is 14.4 Å². The molecule has 0 aromatic heterocycles. The Morgan fingerprint density at radius 3 is 2.12 bits per heavy atom. The van der Waals surface area contributed by atoms with E-state index in [2.05, 4.69) is 10.6 Å². The number of carbonyl (C=O) groups excluding carboxylic acids is 3. The zero-order chi connectivity index (χ0) is 19.5. The highest BCUT2D eigenvalue weighted by atomic mass is 16.5. The fraction of sp³-hybridized carbons (Fsp3) is 0.471. The maximum atomic E-state index is 11.9. The number of ether oxygens (including phenoxy) is 4. The lowest BCUT2D eigenvalue weighted by atomic mass is 10.1. The molecule has 144 valence electrons. The second-order valence-corrected chi connectivity index (χ2v) is 5.18. The Kier molecular flexibility index (Phi) is 8.76. The third-order valence-electron chi connectivity index (χ3n) is 3.23. The second-order valence-electron chi connectivity index (χ2n) is 5.18. The first-order valence-electron chi connectivity index (χ1n) is 7.97. The van der Waals surface area contributed by atoms with E-state index < -0.39 is 24.5 Å². The fourth-order valence-electron chi connectivity index (χ4n) is 2.05. The quantitative estimate of drug-likeness (QED) is 0.626. The molecule has 0 atom stereocenters. The lowest BCUT2D eigenvalue weighted by Gasteiger charge is -2.14. The monoisotopic (exact) mass is 368 g/mol. The van der Waals surface area contributed by atoms with E-state index in [1.54, 1.807) is 12.1 Å². The Balaban J connectivity index is 2.60. The number of carbonyl (C=O) groups is 3. The lowest BCUT2D eigenvalue weighted by molar-refractivity contribution is -0.147. The molecule has 0 saturated carbocycles. The average molecular weight is 368 g/mol. The van der Waals surface area contributed by atoms with Crippen molar-refractivity contribution < 1.29 is 33.3 Å². The molecule has 3 amide bonds. The van der Waals surface area contributed by atoms with Crippen LogP contribution in [0.15, 0.2) is 12.1 Å². The molecule has 0 fully saturated rings. The number of nitrogens with one attached hydrogen (secondary N) is 2. The van der Waals surface area contributed by atoms with Crippen LogP contribution in [0, 0.1) is 0 Å². The van der Waals surface area contributed by atoms with Crippen molar-refractivity contribution in [1.29, 1.82) is 0 Å². The van der Waals surface area contributed by atoms with E-state index in [1.165, 1.54) is 21.3 Å². The van der Waals surface area contributed by atoms with Crippen molar-refractivity contribution in [3.8, 4) is 17.2 Å². The van der Waals surface area contributed by atoms with Crippen molar-refractivity contribution in [1.82, 2.24) is 10.6 Å². The Morgan fingerprint density at radius 2 is 1.62 bits per heavy atom. The van der Waals surface area contributed by atoms with Crippen molar-refractivity contribution in [2.45, 2.75) is 19.8 Å². The standard InChI is InChI=1S/C17H24N2O7/c1-5-6-18-17(22)19-14(20)10-26-15(21)9-11-7-12(23-2)16(25-4)13(8-11)24-3/h7-8H,5-6,9-10H2,1-4H3,(H2,18,19,20,22). The first kappa shape index (κ1) is 21.1. The first-order chi connectivity index (χ1) is 12.4. The summed E-state index contributed by atoms with van der Waals surface area (Å²) >= 11 is 0. The third-order valence-corrected chi connectivity index (χ3v) is 3.23. The Bertz CT molecular complexity index is 621. The molecule has 0 aliphatic rings. The summed E-state index contributed by atoms with van der Waals surface area (Å²) in [5.74, 6) is -0.134. The molecule has 26 heavy (non-hydrogen) atoms. The zero-order valence-electron chi connectivity index (χ0n) is 15.3. The van der Waals surface area contributed by atoms with Crippen LogP contribution in [-0.2, 0) is 20.7 Å². The van der Waals surface area contributed by atoms with Crippen molar-refractivity contribution in [2.75, 3.05) is 34.5 Å². The molecule has 0 radical (unpaired) electrons. The molecule has 1 aromatic rings. The molecule has 0 heterocycles. The van der Waals surface area contributed by atoms with Crippen LogP contribution in [0.5, 0.6) is 17.2 Å². The summed E-state index contributed by atoms with van der Waals surface area (Å²) in [7, 11) is 4.41. The van der Waals surface area contributed by atoms with E-state index in [0.717, 1.165) is 6.42 Å². The summed E-state index contributed by atoms with van der Waals surface area (Å²) in [6.45, 7) is 1.77. The second kappa shape index (κ2) is 10.8. The van der Waals surface area contributed by atoms with Crippen molar-refractivity contribution >= 4 is 17.9 Å². The largest absolute Gasteiger partial charge is 0.493 e. The predicted molar refractivity (Wildman–Crippen MR) is 92.6 cm³/mol. The highest BCUT2D eigenvalue weighted by molar-refractivity contribution is 5.95. The smallest absolute Gasteiger partial charge is 0.321 e. The van der Waals surface area contributed by atoms with E-state index in [0.29, 0.717) is 29.4 Å². The minimum atomic E-state index is -0.711. The molecule has 0 saturated heterocycles. The van der Waals surface area contributed by atoms with E-state index in [4.69, 9.17) is 18.9 Å². The van der Waals surface area contributed by atoms with E-state index in [-0.39, 0.29) is 6.42 Å². The maximum absolute atomic E-state index is 11.9. The van der Waals surface area contributed by atoms with Gasteiger partial charge in [0.25, 0.3) is 5.91 Å². The summed E-state index contributed by atoms with van der Waals surface area (Å²) in [4.78, 5) is 34.8. The molecule has 0 aliphatic carbocycles. The molecule has 0 aliphatic heterocycles. The zero-order valence-corrected chi connectivity index (χ0v) is 15.3. The average Bonchev–Trinajstić information content (AvgIpc) is 2.63. The van der Waals surface area contributed by atoms with Crippen LogP contribution in [0.4, 0.5) is 4.79 Å². The number of benzene rings is 1. The summed E-state index contributed by atoms with van der Waals surface area (Å²) in [5.41, 5.74) is 0.561. The Morgan fingerprint density at radius 1 is 1.00 bits per heavy atom. The van der Waals surface area contributed by atoms with Gasteiger partial charge in [-0.25, -0.2) is 4.79 Å². The summed E-state index contributed by atoms with van der Waals surface area (Å²) in [5, 5.41) is 4.54. The van der Waals surface area contributed by atoms with Gasteiger partial charge in [0, 0.05) is 6.54 Å². The fourth-order valence-corrected chi connectivity index (χ4v) is 2.05. The number of urea groups is 1. The third kappa shape index (κ3) is 6.50. The minimum absolute atomic E-state index is 0.105. The molecule has 0 bridgehead atoms. The van der Waals surface area contributed by atoms with Gasteiger partial charge in [0.15, 0.2) is 18.1 Å². The number of methoxy groups -OCH3 is 3. The highest BCUT2D eigenvalue weighted by Crippen LogP contribution is 2.38. The maximum Gasteiger partial charge on any atom is 0.321 e. The van der Waals surface area contributed by atoms with Gasteiger partial charge in [-0.1, -0.05) is 6.92 Å². The highest BCUT2D eigenvalue weighted by Gasteiger charge is 2.16. The number of hydrogen-bond acceptors (Lipinski definition) is 7. The van der Waals surface area contributed by atoms with Crippen LogP contribution in [0.1, 0.15) is 18.9 Å². The van der Waals surface area contributed by atoms with Crippen molar-refractivity contribution in [3.05, 3.63) is 17.7 Å². The van der Waals surface area contributed by atoms with Crippen LogP contribution in [0.3, 0.4) is 0 Å². The van der Waals surface area contributed by atoms with Crippen LogP contribution < -0.4 is 24.8 Å². The van der Waals surface area contributed by atoms with Crippen molar-refractivity contribution in [2.24, 2.45) is 0 Å². The summed E-state index contributed by atoms with van der Waals surface area (Å²) in [6, 6.07) is 2.60. The molecule has 9 heteroatoms. The van der Waals surface area contributed by atoms with Crippen LogP contribution >= 0.6 is 0 Å². The predicted octanol–water partition coefficient (Wildman–Crippen LogP) is 1.03. The molecule has 2 N–H and O–H groups in total. The normalized spacial score (nSPS) is 9.85. The molecule has 1 rings (SSSR count). The molecule has 0 spiro atoms. The van der Waals surface area contributed by atoms with Gasteiger partial charge in [0.1, 0.15) is 0 Å².